The van der Waals surface area contributed by atoms with Crippen molar-refractivity contribution >= 4 is 22.9 Å². The quantitative estimate of drug-likeness (QED) is 0.859. The van der Waals surface area contributed by atoms with Gasteiger partial charge in [-0.25, -0.2) is 0 Å². The minimum Gasteiger partial charge on any atom is -0.321 e. The Hall–Kier alpha value is -1.82. The fourth-order valence-corrected chi connectivity index (χ4v) is 2.90. The lowest BCUT2D eigenvalue weighted by atomic mass is 10.1. The first-order valence-electron chi connectivity index (χ1n) is 6.38. The van der Waals surface area contributed by atoms with Crippen LogP contribution in [-0.2, 0) is 12.6 Å². The zero-order valence-corrected chi connectivity index (χ0v) is 12.4. The highest BCUT2D eigenvalue weighted by molar-refractivity contribution is 7.12. The Kier molecular flexibility index (Phi) is 4.37. The van der Waals surface area contributed by atoms with E-state index < -0.39 is 11.7 Å². The number of thiophene rings is 1. The van der Waals surface area contributed by atoms with Crippen molar-refractivity contribution in [3.8, 4) is 0 Å². The summed E-state index contributed by atoms with van der Waals surface area (Å²) in [6.07, 6.45) is -3.73. The Balaban J connectivity index is 2.26. The van der Waals surface area contributed by atoms with E-state index in [1.165, 1.54) is 30.4 Å². The first kappa shape index (κ1) is 15.6. The number of halogens is 3. The molecule has 2 nitrogen and oxygen atoms in total. The third kappa shape index (κ3) is 3.44. The normalized spacial score (nSPS) is 11.5. The topological polar surface area (TPSA) is 29.1 Å². The molecule has 112 valence electrons. The highest BCUT2D eigenvalue weighted by Gasteiger charge is 2.32. The van der Waals surface area contributed by atoms with E-state index in [4.69, 9.17) is 0 Å². The Morgan fingerprint density at radius 3 is 2.62 bits per heavy atom. The average molecular weight is 313 g/mol. The van der Waals surface area contributed by atoms with Crippen molar-refractivity contribution in [1.82, 2.24) is 0 Å². The molecule has 1 amide bonds. The maximum absolute atomic E-state index is 12.8. The molecule has 2 rings (SSSR count). The summed E-state index contributed by atoms with van der Waals surface area (Å²) in [5, 5.41) is 4.33. The number of anilines is 1. The molecule has 1 aromatic heterocycles. The molecule has 1 N–H and O–H groups in total. The number of alkyl halides is 3. The van der Waals surface area contributed by atoms with Gasteiger partial charge in [-0.1, -0.05) is 13.0 Å². The summed E-state index contributed by atoms with van der Waals surface area (Å²) in [7, 11) is 0. The van der Waals surface area contributed by atoms with E-state index in [0.717, 1.165) is 11.6 Å². The molecule has 1 aromatic carbocycles. The fourth-order valence-electron chi connectivity index (χ4n) is 2.01. The average Bonchev–Trinajstić information content (AvgIpc) is 2.88. The van der Waals surface area contributed by atoms with Crippen LogP contribution in [-0.4, -0.2) is 5.91 Å². The standard InChI is InChI=1S/C15H14F3NOS/c1-3-10-6-7-21-13(10)14(20)19-11-5-4-9(2)12(8-11)15(16,17)18/h4-8H,3H2,1-2H3,(H,19,20). The molecule has 0 spiro atoms. The molecule has 21 heavy (non-hydrogen) atoms. The van der Waals surface area contributed by atoms with Gasteiger partial charge in [0.1, 0.15) is 0 Å². The lowest BCUT2D eigenvalue weighted by molar-refractivity contribution is -0.138. The second-order valence-electron chi connectivity index (χ2n) is 4.61. The van der Waals surface area contributed by atoms with Gasteiger partial charge in [-0.3, -0.25) is 4.79 Å². The maximum atomic E-state index is 12.8. The minimum absolute atomic E-state index is 0.130. The van der Waals surface area contributed by atoms with Crippen LogP contribution in [0.1, 0.15) is 33.3 Å². The first-order chi connectivity index (χ1) is 9.82. The molecule has 0 bridgehead atoms. The number of carbonyl (C=O) groups excluding carboxylic acids is 1. The predicted molar refractivity (Wildman–Crippen MR) is 77.8 cm³/mol. The van der Waals surface area contributed by atoms with Crippen LogP contribution in [0.3, 0.4) is 0 Å². The molecule has 0 unspecified atom stereocenters. The van der Waals surface area contributed by atoms with Gasteiger partial charge >= 0.3 is 6.18 Å². The van der Waals surface area contributed by atoms with Crippen molar-refractivity contribution in [3.05, 3.63) is 51.2 Å². The summed E-state index contributed by atoms with van der Waals surface area (Å²) in [6, 6.07) is 5.64. The molecular formula is C15H14F3NOS. The highest BCUT2D eigenvalue weighted by atomic mass is 32.1. The zero-order chi connectivity index (χ0) is 15.6. The van der Waals surface area contributed by atoms with Crippen molar-refractivity contribution in [3.63, 3.8) is 0 Å². The molecule has 0 radical (unpaired) electrons. The largest absolute Gasteiger partial charge is 0.416 e. The van der Waals surface area contributed by atoms with Crippen LogP contribution < -0.4 is 5.32 Å². The monoisotopic (exact) mass is 313 g/mol. The van der Waals surface area contributed by atoms with Crippen molar-refractivity contribution < 1.29 is 18.0 Å². The van der Waals surface area contributed by atoms with Crippen LogP contribution in [0.25, 0.3) is 0 Å². The lowest BCUT2D eigenvalue weighted by Gasteiger charge is -2.12. The summed E-state index contributed by atoms with van der Waals surface area (Å²) >= 11 is 1.28. The van der Waals surface area contributed by atoms with Crippen LogP contribution >= 0.6 is 11.3 Å². The van der Waals surface area contributed by atoms with E-state index in [9.17, 15) is 18.0 Å². The van der Waals surface area contributed by atoms with Gasteiger partial charge in [-0.05, 0) is 48.1 Å². The minimum atomic E-state index is -4.43. The Morgan fingerprint density at radius 2 is 2.00 bits per heavy atom. The number of rotatable bonds is 3. The molecule has 0 saturated heterocycles. The van der Waals surface area contributed by atoms with E-state index in [1.807, 2.05) is 13.0 Å². The van der Waals surface area contributed by atoms with Crippen molar-refractivity contribution in [2.75, 3.05) is 5.32 Å². The van der Waals surface area contributed by atoms with Gasteiger partial charge < -0.3 is 5.32 Å². The van der Waals surface area contributed by atoms with Crippen molar-refractivity contribution in [2.24, 2.45) is 0 Å². The van der Waals surface area contributed by atoms with E-state index >= 15 is 0 Å². The van der Waals surface area contributed by atoms with Crippen LogP contribution in [0.15, 0.2) is 29.6 Å². The first-order valence-corrected chi connectivity index (χ1v) is 7.26. The zero-order valence-electron chi connectivity index (χ0n) is 11.5. The molecule has 1 heterocycles. The Morgan fingerprint density at radius 1 is 1.29 bits per heavy atom. The van der Waals surface area contributed by atoms with Crippen LogP contribution in [0.4, 0.5) is 18.9 Å². The van der Waals surface area contributed by atoms with E-state index in [-0.39, 0.29) is 17.2 Å². The Bertz CT molecular complexity index is 661. The smallest absolute Gasteiger partial charge is 0.321 e. The molecule has 6 heteroatoms. The van der Waals surface area contributed by atoms with Gasteiger partial charge in [0.25, 0.3) is 5.91 Å². The van der Waals surface area contributed by atoms with E-state index in [0.29, 0.717) is 11.3 Å². The number of amides is 1. The van der Waals surface area contributed by atoms with Gasteiger partial charge in [0.05, 0.1) is 10.4 Å². The number of aryl methyl sites for hydroxylation is 2. The third-order valence-corrected chi connectivity index (χ3v) is 4.09. The molecule has 0 saturated carbocycles. The fraction of sp³-hybridized carbons (Fsp3) is 0.267. The third-order valence-electron chi connectivity index (χ3n) is 3.13. The summed E-state index contributed by atoms with van der Waals surface area (Å²) in [5.74, 6) is -0.376. The molecular weight excluding hydrogens is 299 g/mol. The summed E-state index contributed by atoms with van der Waals surface area (Å²) in [6.45, 7) is 3.31. The van der Waals surface area contributed by atoms with Gasteiger partial charge in [-0.2, -0.15) is 13.2 Å². The van der Waals surface area contributed by atoms with Gasteiger partial charge in [0, 0.05) is 5.69 Å². The van der Waals surface area contributed by atoms with Crippen LogP contribution in [0.2, 0.25) is 0 Å². The SMILES string of the molecule is CCc1ccsc1C(=O)Nc1ccc(C)c(C(F)(F)F)c1. The van der Waals surface area contributed by atoms with Crippen LogP contribution in [0.5, 0.6) is 0 Å². The molecule has 0 aliphatic heterocycles. The summed E-state index contributed by atoms with van der Waals surface area (Å²) < 4.78 is 38.5. The molecule has 0 fully saturated rings. The highest BCUT2D eigenvalue weighted by Crippen LogP contribution is 2.33. The number of hydrogen-bond donors (Lipinski definition) is 1. The molecule has 2 aromatic rings. The van der Waals surface area contributed by atoms with Gasteiger partial charge in [-0.15, -0.1) is 11.3 Å². The van der Waals surface area contributed by atoms with Crippen molar-refractivity contribution in [2.45, 2.75) is 26.4 Å². The molecule has 0 aliphatic rings. The van der Waals surface area contributed by atoms with Crippen LogP contribution in [0, 0.1) is 6.92 Å². The summed E-state index contributed by atoms with van der Waals surface area (Å²) in [4.78, 5) is 12.7. The molecule has 0 aliphatic carbocycles. The second kappa shape index (κ2) is 5.89. The van der Waals surface area contributed by atoms with Crippen molar-refractivity contribution in [1.29, 1.82) is 0 Å². The predicted octanol–water partition coefficient (Wildman–Crippen LogP) is 4.89. The Labute approximate surface area is 124 Å². The lowest BCUT2D eigenvalue weighted by Crippen LogP contribution is -2.14. The van der Waals surface area contributed by atoms with Gasteiger partial charge in [0.2, 0.25) is 0 Å². The number of nitrogens with one attached hydrogen (secondary N) is 1. The van der Waals surface area contributed by atoms with E-state index in [2.05, 4.69) is 5.32 Å². The number of benzene rings is 1. The number of hydrogen-bond acceptors (Lipinski definition) is 2. The van der Waals surface area contributed by atoms with E-state index in [1.54, 1.807) is 5.38 Å². The summed E-state index contributed by atoms with van der Waals surface area (Å²) in [5.41, 5.74) is 0.432. The molecule has 0 atom stereocenters. The second-order valence-corrected chi connectivity index (χ2v) is 5.53. The van der Waals surface area contributed by atoms with Gasteiger partial charge in [0.15, 0.2) is 0 Å². The number of carbonyl (C=O) groups is 1. The maximum Gasteiger partial charge on any atom is 0.416 e.